The number of carboxylic acids is 1. The maximum absolute atomic E-state index is 12.5. The molecule has 2 unspecified atom stereocenters. The summed E-state index contributed by atoms with van der Waals surface area (Å²) in [5, 5.41) is 12.2. The maximum Gasteiger partial charge on any atom is 0.310 e. The lowest BCUT2D eigenvalue weighted by atomic mass is 9.78. The first kappa shape index (κ1) is 16.0. The SMILES string of the molecule is CC(C)(C)c1ccc(NC(=O)C2C(C(=O)O)[C@@H]3CC[C@H]2O3)cc1. The first-order chi connectivity index (χ1) is 10.8. The van der Waals surface area contributed by atoms with Crippen molar-refractivity contribution in [3.63, 3.8) is 0 Å². The molecule has 1 amide bonds. The van der Waals surface area contributed by atoms with E-state index in [2.05, 4.69) is 26.1 Å². The van der Waals surface area contributed by atoms with Gasteiger partial charge in [-0.25, -0.2) is 0 Å². The van der Waals surface area contributed by atoms with Gasteiger partial charge >= 0.3 is 5.97 Å². The van der Waals surface area contributed by atoms with Crippen molar-refractivity contribution in [3.8, 4) is 0 Å². The highest BCUT2D eigenvalue weighted by Gasteiger charge is 2.55. The molecule has 0 spiro atoms. The van der Waals surface area contributed by atoms with Crippen molar-refractivity contribution in [3.05, 3.63) is 29.8 Å². The van der Waals surface area contributed by atoms with Gasteiger partial charge in [0.05, 0.1) is 24.0 Å². The largest absolute Gasteiger partial charge is 0.481 e. The summed E-state index contributed by atoms with van der Waals surface area (Å²) in [7, 11) is 0. The number of fused-ring (bicyclic) bond motifs is 2. The van der Waals surface area contributed by atoms with E-state index < -0.39 is 17.8 Å². The van der Waals surface area contributed by atoms with Crippen LogP contribution in [0.1, 0.15) is 39.2 Å². The summed E-state index contributed by atoms with van der Waals surface area (Å²) in [5.41, 5.74) is 1.92. The molecule has 1 aromatic carbocycles. The summed E-state index contributed by atoms with van der Waals surface area (Å²) < 4.78 is 5.64. The fourth-order valence-corrected chi connectivity index (χ4v) is 3.60. The Morgan fingerprint density at radius 1 is 1.09 bits per heavy atom. The van der Waals surface area contributed by atoms with Crippen molar-refractivity contribution >= 4 is 17.6 Å². The number of hydrogen-bond acceptors (Lipinski definition) is 3. The summed E-state index contributed by atoms with van der Waals surface area (Å²) in [4.78, 5) is 24.0. The number of nitrogens with one attached hydrogen (secondary N) is 1. The molecule has 2 aliphatic heterocycles. The number of aliphatic carboxylic acids is 1. The zero-order valence-corrected chi connectivity index (χ0v) is 13.7. The quantitative estimate of drug-likeness (QED) is 0.899. The predicted molar refractivity (Wildman–Crippen MR) is 86.3 cm³/mol. The molecule has 4 atom stereocenters. The molecular formula is C18H23NO4. The zero-order valence-electron chi connectivity index (χ0n) is 13.7. The molecule has 0 radical (unpaired) electrons. The average molecular weight is 317 g/mol. The van der Waals surface area contributed by atoms with Gasteiger partial charge in [0, 0.05) is 5.69 Å². The molecule has 124 valence electrons. The third-order valence-corrected chi connectivity index (χ3v) is 4.88. The summed E-state index contributed by atoms with van der Waals surface area (Å²) in [6.07, 6.45) is 0.896. The minimum absolute atomic E-state index is 0.0510. The Morgan fingerprint density at radius 2 is 1.65 bits per heavy atom. The van der Waals surface area contributed by atoms with Crippen molar-refractivity contribution in [2.45, 2.75) is 51.2 Å². The van der Waals surface area contributed by atoms with E-state index in [1.807, 2.05) is 24.3 Å². The van der Waals surface area contributed by atoms with Crippen LogP contribution in [-0.2, 0) is 19.7 Å². The van der Waals surface area contributed by atoms with E-state index in [1.165, 1.54) is 5.56 Å². The summed E-state index contributed by atoms with van der Waals surface area (Å²) >= 11 is 0. The van der Waals surface area contributed by atoms with Gasteiger partial charge in [0.2, 0.25) is 5.91 Å². The first-order valence-corrected chi connectivity index (χ1v) is 8.07. The Labute approximate surface area is 136 Å². The lowest BCUT2D eigenvalue weighted by Gasteiger charge is -2.24. The maximum atomic E-state index is 12.5. The Balaban J connectivity index is 1.73. The average Bonchev–Trinajstić information content (AvgIpc) is 3.07. The lowest BCUT2D eigenvalue weighted by molar-refractivity contribution is -0.147. The molecule has 3 rings (SSSR count). The Morgan fingerprint density at radius 3 is 2.17 bits per heavy atom. The van der Waals surface area contributed by atoms with Gasteiger partial charge in [0.1, 0.15) is 0 Å². The van der Waals surface area contributed by atoms with E-state index in [4.69, 9.17) is 4.74 Å². The Hall–Kier alpha value is -1.88. The van der Waals surface area contributed by atoms with Crippen LogP contribution in [0.4, 0.5) is 5.69 Å². The van der Waals surface area contributed by atoms with Crippen molar-refractivity contribution in [1.29, 1.82) is 0 Å². The number of hydrogen-bond donors (Lipinski definition) is 2. The van der Waals surface area contributed by atoms with Crippen LogP contribution in [-0.4, -0.2) is 29.2 Å². The topological polar surface area (TPSA) is 75.6 Å². The highest BCUT2D eigenvalue weighted by molar-refractivity contribution is 5.96. The van der Waals surface area contributed by atoms with Gasteiger partial charge in [0.25, 0.3) is 0 Å². The molecule has 1 aromatic rings. The number of ether oxygens (including phenoxy) is 1. The van der Waals surface area contributed by atoms with Crippen LogP contribution in [0, 0.1) is 11.8 Å². The van der Waals surface area contributed by atoms with Gasteiger partial charge in [-0.1, -0.05) is 32.9 Å². The van der Waals surface area contributed by atoms with Crippen molar-refractivity contribution < 1.29 is 19.4 Å². The molecule has 2 N–H and O–H groups in total. The third-order valence-electron chi connectivity index (χ3n) is 4.88. The fourth-order valence-electron chi connectivity index (χ4n) is 3.60. The second-order valence-electron chi connectivity index (χ2n) is 7.50. The van der Waals surface area contributed by atoms with Crippen LogP contribution < -0.4 is 5.32 Å². The van der Waals surface area contributed by atoms with Crippen LogP contribution in [0.3, 0.4) is 0 Å². The van der Waals surface area contributed by atoms with Gasteiger partial charge in [-0.15, -0.1) is 0 Å². The van der Waals surface area contributed by atoms with E-state index in [1.54, 1.807) is 0 Å². The number of carbonyl (C=O) groups excluding carboxylic acids is 1. The van der Waals surface area contributed by atoms with Gasteiger partial charge in [-0.3, -0.25) is 9.59 Å². The second kappa shape index (κ2) is 5.64. The highest BCUT2D eigenvalue weighted by Crippen LogP contribution is 2.44. The van der Waals surface area contributed by atoms with Crippen LogP contribution in [0.5, 0.6) is 0 Å². The molecule has 0 aliphatic carbocycles. The first-order valence-electron chi connectivity index (χ1n) is 8.07. The number of anilines is 1. The normalized spacial score (nSPS) is 29.5. The van der Waals surface area contributed by atoms with Crippen molar-refractivity contribution in [1.82, 2.24) is 0 Å². The van der Waals surface area contributed by atoms with E-state index in [-0.39, 0.29) is 23.5 Å². The van der Waals surface area contributed by atoms with Crippen molar-refractivity contribution in [2.24, 2.45) is 11.8 Å². The molecule has 2 heterocycles. The Kier molecular flexibility index (Phi) is 3.92. The molecule has 0 saturated carbocycles. The smallest absolute Gasteiger partial charge is 0.310 e. The molecule has 2 saturated heterocycles. The monoisotopic (exact) mass is 317 g/mol. The molecule has 2 fully saturated rings. The van der Waals surface area contributed by atoms with E-state index in [0.29, 0.717) is 5.69 Å². The van der Waals surface area contributed by atoms with Crippen LogP contribution in [0.15, 0.2) is 24.3 Å². The lowest BCUT2D eigenvalue weighted by Crippen LogP contribution is -2.40. The standard InChI is InChI=1S/C18H23NO4/c1-18(2,3)10-4-6-11(7-5-10)19-16(20)14-12-8-9-13(23-12)15(14)17(21)22/h4-7,12-15H,8-9H2,1-3H3,(H,19,20)(H,21,22)/t12-,13+,14?,15?/m1/s1. The van der Waals surface area contributed by atoms with E-state index >= 15 is 0 Å². The molecule has 23 heavy (non-hydrogen) atoms. The molecule has 2 aliphatic rings. The van der Waals surface area contributed by atoms with E-state index in [0.717, 1.165) is 12.8 Å². The Bertz CT molecular complexity index is 617. The fraction of sp³-hybridized carbons (Fsp3) is 0.556. The number of rotatable bonds is 3. The molecule has 0 aromatic heterocycles. The van der Waals surface area contributed by atoms with Gasteiger partial charge in [0.15, 0.2) is 0 Å². The number of carbonyl (C=O) groups is 2. The van der Waals surface area contributed by atoms with E-state index in [9.17, 15) is 14.7 Å². The highest BCUT2D eigenvalue weighted by atomic mass is 16.5. The number of carboxylic acid groups (broad SMARTS) is 1. The summed E-state index contributed by atoms with van der Waals surface area (Å²) in [6.45, 7) is 6.39. The van der Waals surface area contributed by atoms with Gasteiger partial charge in [-0.2, -0.15) is 0 Å². The number of amides is 1. The molecular weight excluding hydrogens is 294 g/mol. The van der Waals surface area contributed by atoms with Crippen LogP contribution in [0.2, 0.25) is 0 Å². The number of benzene rings is 1. The second-order valence-corrected chi connectivity index (χ2v) is 7.50. The predicted octanol–water partition coefficient (Wildman–Crippen LogP) is 2.80. The van der Waals surface area contributed by atoms with Gasteiger partial charge in [-0.05, 0) is 36.0 Å². The molecule has 2 bridgehead atoms. The third kappa shape index (κ3) is 2.98. The molecule has 5 nitrogen and oxygen atoms in total. The summed E-state index contributed by atoms with van der Waals surface area (Å²) in [5.74, 6) is -2.54. The molecule has 5 heteroatoms. The van der Waals surface area contributed by atoms with Gasteiger partial charge < -0.3 is 15.2 Å². The zero-order chi connectivity index (χ0) is 16.8. The van der Waals surface area contributed by atoms with Crippen LogP contribution >= 0.6 is 0 Å². The minimum atomic E-state index is -0.944. The van der Waals surface area contributed by atoms with Crippen LogP contribution in [0.25, 0.3) is 0 Å². The summed E-state index contributed by atoms with van der Waals surface area (Å²) in [6, 6.07) is 7.70. The van der Waals surface area contributed by atoms with Crippen molar-refractivity contribution in [2.75, 3.05) is 5.32 Å². The minimum Gasteiger partial charge on any atom is -0.481 e.